The molecule has 4 rings (SSSR count). The minimum Gasteiger partial charge on any atom is -0.481 e. The maximum absolute atomic E-state index is 12.7. The molecule has 0 amide bonds. The molecule has 0 bridgehead atoms. The molecule has 2 atom stereocenters. The van der Waals surface area contributed by atoms with Crippen molar-refractivity contribution in [3.8, 4) is 0 Å². The average Bonchev–Trinajstić information content (AvgIpc) is 3.77. The normalized spacial score (nSPS) is 12.7. The minimum atomic E-state index is -1.66. The third kappa shape index (κ3) is 8.40. The second-order valence-electron chi connectivity index (χ2n) is 10.3. The van der Waals surface area contributed by atoms with E-state index in [0.717, 1.165) is 11.3 Å². The monoisotopic (exact) mass is 662 g/mol. The van der Waals surface area contributed by atoms with Gasteiger partial charge in [-0.15, -0.1) is 22.7 Å². The summed E-state index contributed by atoms with van der Waals surface area (Å²) < 4.78 is 15.1. The van der Waals surface area contributed by atoms with Crippen molar-refractivity contribution in [3.05, 3.63) is 116 Å². The fourth-order valence-corrected chi connectivity index (χ4v) is 6.37. The lowest BCUT2D eigenvalue weighted by molar-refractivity contribution is -0.162. The van der Waals surface area contributed by atoms with Gasteiger partial charge in [0, 0.05) is 20.9 Å². The first-order chi connectivity index (χ1) is 22.0. The molecule has 46 heavy (non-hydrogen) atoms. The number of hydrogen-bond donors (Lipinski definition) is 1. The molecule has 0 aliphatic heterocycles. The maximum Gasteiger partial charge on any atom is 0.344 e. The standard InChI is InChI=1S/C34H30O10S2/c1-21(24-13-14-25(45-24)30(37)22-9-5-3-6-10-22)32(39)44-20-29(36)43-18-17-42-28(35)19-34(2,33(40)41)27-16-15-26(46-27)31(38)23-11-7-4-8-12-23/h3-16,21H,17-20H2,1-2H3,(H,40,41)/t21-,34+/m0/s1. The molecule has 0 fully saturated rings. The summed E-state index contributed by atoms with van der Waals surface area (Å²) in [5, 5.41) is 9.92. The number of benzene rings is 2. The summed E-state index contributed by atoms with van der Waals surface area (Å²) in [6.07, 6.45) is -0.521. The average molecular weight is 663 g/mol. The van der Waals surface area contributed by atoms with E-state index < -0.39 is 48.2 Å². The van der Waals surface area contributed by atoms with E-state index >= 15 is 0 Å². The number of carbonyl (C=O) groups is 6. The van der Waals surface area contributed by atoms with Gasteiger partial charge in [-0.1, -0.05) is 60.7 Å². The van der Waals surface area contributed by atoms with Crippen LogP contribution < -0.4 is 0 Å². The van der Waals surface area contributed by atoms with E-state index in [-0.39, 0.29) is 24.8 Å². The topological polar surface area (TPSA) is 150 Å². The Morgan fingerprint density at radius 3 is 1.78 bits per heavy atom. The summed E-state index contributed by atoms with van der Waals surface area (Å²) in [4.78, 5) is 76.3. The Balaban J connectivity index is 1.20. The molecule has 2 aromatic heterocycles. The first-order valence-corrected chi connectivity index (χ1v) is 15.7. The molecule has 238 valence electrons. The Morgan fingerprint density at radius 1 is 0.696 bits per heavy atom. The largest absolute Gasteiger partial charge is 0.481 e. The van der Waals surface area contributed by atoms with Crippen LogP contribution in [0.15, 0.2) is 84.9 Å². The number of rotatable bonds is 15. The molecule has 4 aromatic rings. The zero-order chi connectivity index (χ0) is 33.3. The molecular formula is C34H30O10S2. The molecule has 10 nitrogen and oxygen atoms in total. The van der Waals surface area contributed by atoms with Gasteiger partial charge in [0.1, 0.15) is 18.6 Å². The van der Waals surface area contributed by atoms with Gasteiger partial charge in [-0.2, -0.15) is 0 Å². The summed E-state index contributed by atoms with van der Waals surface area (Å²) in [7, 11) is 0. The molecule has 0 saturated carbocycles. The van der Waals surface area contributed by atoms with Crippen LogP contribution in [0.4, 0.5) is 0 Å². The van der Waals surface area contributed by atoms with Crippen molar-refractivity contribution in [2.24, 2.45) is 0 Å². The van der Waals surface area contributed by atoms with Gasteiger partial charge < -0.3 is 19.3 Å². The van der Waals surface area contributed by atoms with Crippen molar-refractivity contribution in [3.63, 3.8) is 0 Å². The van der Waals surface area contributed by atoms with E-state index in [1.807, 2.05) is 6.07 Å². The third-order valence-corrected chi connectivity index (χ3v) is 9.60. The fraction of sp³-hybridized carbons (Fsp3) is 0.235. The van der Waals surface area contributed by atoms with E-state index in [9.17, 15) is 33.9 Å². The van der Waals surface area contributed by atoms with Gasteiger partial charge in [0.25, 0.3) is 0 Å². The first-order valence-electron chi connectivity index (χ1n) is 14.1. The highest BCUT2D eigenvalue weighted by Crippen LogP contribution is 2.35. The number of aliphatic carboxylic acids is 1. The lowest BCUT2D eigenvalue weighted by Crippen LogP contribution is -2.35. The van der Waals surface area contributed by atoms with E-state index in [1.165, 1.54) is 30.4 Å². The van der Waals surface area contributed by atoms with Crippen molar-refractivity contribution in [1.82, 2.24) is 0 Å². The SMILES string of the molecule is C[C@H](C(=O)OCC(=O)OCCOC(=O)C[C@@](C)(C(=O)O)c1ccc(C(=O)c2ccccc2)s1)c1ccc(C(=O)c2ccccc2)s1. The van der Waals surface area contributed by atoms with Crippen LogP contribution in [0.2, 0.25) is 0 Å². The number of ketones is 2. The molecule has 2 aromatic carbocycles. The number of carboxylic acids is 1. The molecule has 0 radical (unpaired) electrons. The molecule has 0 spiro atoms. The molecule has 0 aliphatic carbocycles. The van der Waals surface area contributed by atoms with Crippen LogP contribution in [0.5, 0.6) is 0 Å². The van der Waals surface area contributed by atoms with Crippen LogP contribution in [0.25, 0.3) is 0 Å². The van der Waals surface area contributed by atoms with Gasteiger partial charge in [0.2, 0.25) is 11.6 Å². The van der Waals surface area contributed by atoms with Crippen LogP contribution >= 0.6 is 22.7 Å². The molecule has 0 unspecified atom stereocenters. The Morgan fingerprint density at radius 2 is 1.22 bits per heavy atom. The predicted octanol–water partition coefficient (Wildman–Crippen LogP) is 5.44. The number of hydrogen-bond acceptors (Lipinski definition) is 11. The molecule has 1 N–H and O–H groups in total. The summed E-state index contributed by atoms with van der Waals surface area (Å²) in [6.45, 7) is 1.61. The van der Waals surface area contributed by atoms with Crippen LogP contribution in [-0.4, -0.2) is 60.4 Å². The number of ether oxygens (including phenoxy) is 3. The van der Waals surface area contributed by atoms with Crippen molar-refractivity contribution in [2.45, 2.75) is 31.6 Å². The lowest BCUT2D eigenvalue weighted by atomic mass is 9.85. The smallest absolute Gasteiger partial charge is 0.344 e. The summed E-state index contributed by atoms with van der Waals surface area (Å²) in [5.74, 6) is -4.81. The number of carboxylic acid groups (broad SMARTS) is 1. The summed E-state index contributed by atoms with van der Waals surface area (Å²) >= 11 is 2.16. The van der Waals surface area contributed by atoms with Gasteiger partial charge >= 0.3 is 23.9 Å². The quantitative estimate of drug-likeness (QED) is 0.0755. The molecule has 0 saturated heterocycles. The highest BCUT2D eigenvalue weighted by atomic mass is 32.1. The van der Waals surface area contributed by atoms with E-state index in [1.54, 1.807) is 73.7 Å². The minimum absolute atomic E-state index is 0.162. The van der Waals surface area contributed by atoms with Crippen LogP contribution in [0.3, 0.4) is 0 Å². The van der Waals surface area contributed by atoms with Gasteiger partial charge in [0.05, 0.1) is 22.1 Å². The van der Waals surface area contributed by atoms with E-state index in [4.69, 9.17) is 14.2 Å². The van der Waals surface area contributed by atoms with Gasteiger partial charge in [0.15, 0.2) is 6.61 Å². The van der Waals surface area contributed by atoms with Gasteiger partial charge in [-0.25, -0.2) is 4.79 Å². The van der Waals surface area contributed by atoms with Crippen LogP contribution in [-0.2, 0) is 38.8 Å². The number of thiophene rings is 2. The number of esters is 3. The molecule has 12 heteroatoms. The Hall–Kier alpha value is -4.94. The highest BCUT2D eigenvalue weighted by Gasteiger charge is 2.40. The second kappa shape index (κ2) is 15.4. The maximum atomic E-state index is 12.7. The highest BCUT2D eigenvalue weighted by molar-refractivity contribution is 7.14. The number of carbonyl (C=O) groups excluding carboxylic acids is 5. The molecular weight excluding hydrogens is 632 g/mol. The van der Waals surface area contributed by atoms with Crippen molar-refractivity contribution >= 4 is 58.1 Å². The predicted molar refractivity (Wildman–Crippen MR) is 169 cm³/mol. The van der Waals surface area contributed by atoms with Crippen molar-refractivity contribution < 1.29 is 48.1 Å². The van der Waals surface area contributed by atoms with Crippen LogP contribution in [0, 0.1) is 0 Å². The molecule has 0 aliphatic rings. The molecule has 2 heterocycles. The first kappa shape index (κ1) is 33.9. The van der Waals surface area contributed by atoms with Crippen molar-refractivity contribution in [2.75, 3.05) is 19.8 Å². The zero-order valence-corrected chi connectivity index (χ0v) is 26.6. The zero-order valence-electron chi connectivity index (χ0n) is 24.9. The lowest BCUT2D eigenvalue weighted by Gasteiger charge is -2.22. The van der Waals surface area contributed by atoms with E-state index in [0.29, 0.717) is 30.6 Å². The van der Waals surface area contributed by atoms with Crippen LogP contribution in [0.1, 0.15) is 66.4 Å². The Kier molecular flexibility index (Phi) is 11.3. The Bertz CT molecular complexity index is 1720. The third-order valence-electron chi connectivity index (χ3n) is 6.99. The second-order valence-corrected chi connectivity index (χ2v) is 12.5. The Labute approximate surface area is 272 Å². The van der Waals surface area contributed by atoms with Gasteiger partial charge in [-0.3, -0.25) is 24.0 Å². The van der Waals surface area contributed by atoms with Gasteiger partial charge in [-0.05, 0) is 38.1 Å². The van der Waals surface area contributed by atoms with Crippen molar-refractivity contribution in [1.29, 1.82) is 0 Å². The summed E-state index contributed by atoms with van der Waals surface area (Å²) in [5.41, 5.74) is -0.667. The summed E-state index contributed by atoms with van der Waals surface area (Å²) in [6, 6.07) is 23.6. The van der Waals surface area contributed by atoms with E-state index in [2.05, 4.69) is 0 Å². The fourth-order valence-electron chi connectivity index (χ4n) is 4.26.